The Hall–Kier alpha value is -2.87. The molecule has 200 valence electrons. The molecule has 0 spiro atoms. The molecular formula is C29H43N7O. The van der Waals surface area contributed by atoms with Gasteiger partial charge in [0, 0.05) is 70.5 Å². The quantitative estimate of drug-likeness (QED) is 0.635. The summed E-state index contributed by atoms with van der Waals surface area (Å²) in [5.41, 5.74) is 4.23. The Morgan fingerprint density at radius 1 is 0.973 bits per heavy atom. The molecule has 0 bridgehead atoms. The number of hydrogen-bond donors (Lipinski definition) is 1. The first kappa shape index (κ1) is 25.8. The SMILES string of the molecule is CC(C)c1ccc(NC(=O)N2CCc3nc(N4CCN(C5CCCCC5)CC4)nc(N(C)C)c3C2)cc1. The molecule has 8 nitrogen and oxygen atoms in total. The number of carbonyl (C=O) groups excluding carboxylic acids is 1. The first-order valence-electron chi connectivity index (χ1n) is 14.1. The summed E-state index contributed by atoms with van der Waals surface area (Å²) < 4.78 is 0. The number of amides is 2. The van der Waals surface area contributed by atoms with Crippen molar-refractivity contribution >= 4 is 23.5 Å². The predicted octanol–water partition coefficient (Wildman–Crippen LogP) is 4.71. The predicted molar refractivity (Wildman–Crippen MR) is 151 cm³/mol. The molecule has 0 radical (unpaired) electrons. The maximum atomic E-state index is 13.1. The Labute approximate surface area is 222 Å². The van der Waals surface area contributed by atoms with Gasteiger partial charge >= 0.3 is 6.03 Å². The second-order valence-electron chi connectivity index (χ2n) is 11.4. The van der Waals surface area contributed by atoms with E-state index in [2.05, 4.69) is 46.0 Å². The summed E-state index contributed by atoms with van der Waals surface area (Å²) in [5.74, 6) is 2.24. The van der Waals surface area contributed by atoms with Crippen LogP contribution < -0.4 is 15.1 Å². The minimum atomic E-state index is -0.0736. The second-order valence-corrected chi connectivity index (χ2v) is 11.4. The number of anilines is 3. The molecule has 1 saturated heterocycles. The molecule has 1 aliphatic carbocycles. The molecule has 1 aromatic carbocycles. The zero-order valence-corrected chi connectivity index (χ0v) is 23.0. The average Bonchev–Trinajstić information content (AvgIpc) is 2.93. The summed E-state index contributed by atoms with van der Waals surface area (Å²) in [4.78, 5) is 32.1. The number of piperazine rings is 1. The van der Waals surface area contributed by atoms with Gasteiger partial charge in [0.1, 0.15) is 5.82 Å². The molecule has 0 unspecified atom stereocenters. The zero-order chi connectivity index (χ0) is 25.9. The van der Waals surface area contributed by atoms with Gasteiger partial charge in [-0.05, 0) is 36.5 Å². The van der Waals surface area contributed by atoms with Crippen LogP contribution in [0.15, 0.2) is 24.3 Å². The van der Waals surface area contributed by atoms with E-state index in [1.165, 1.54) is 37.7 Å². The van der Waals surface area contributed by atoms with E-state index in [0.717, 1.165) is 67.4 Å². The number of carbonyl (C=O) groups is 1. The van der Waals surface area contributed by atoms with Crippen LogP contribution in [0.3, 0.4) is 0 Å². The molecule has 1 aromatic heterocycles. The van der Waals surface area contributed by atoms with Crippen molar-refractivity contribution in [1.82, 2.24) is 19.8 Å². The maximum absolute atomic E-state index is 13.1. The molecule has 1 N–H and O–H groups in total. The molecular weight excluding hydrogens is 462 g/mol. The van der Waals surface area contributed by atoms with E-state index in [4.69, 9.17) is 9.97 Å². The van der Waals surface area contributed by atoms with Crippen LogP contribution in [0.25, 0.3) is 0 Å². The molecule has 0 atom stereocenters. The maximum Gasteiger partial charge on any atom is 0.322 e. The molecule has 5 rings (SSSR count). The highest BCUT2D eigenvalue weighted by atomic mass is 16.2. The molecule has 3 aliphatic rings. The molecule has 8 heteroatoms. The van der Waals surface area contributed by atoms with E-state index in [0.29, 0.717) is 19.0 Å². The largest absolute Gasteiger partial charge is 0.362 e. The Bertz CT molecular complexity index is 1070. The number of rotatable bonds is 5. The van der Waals surface area contributed by atoms with Crippen LogP contribution in [0.2, 0.25) is 0 Å². The van der Waals surface area contributed by atoms with Gasteiger partial charge in [0.15, 0.2) is 0 Å². The standard InChI is InChI=1S/C29H43N7O/c1-21(2)22-10-12-23(13-11-22)30-29(37)36-15-14-26-25(20-36)27(33(3)4)32-28(31-26)35-18-16-34(17-19-35)24-8-6-5-7-9-24/h10-13,21,24H,5-9,14-20H2,1-4H3,(H,30,37). The van der Waals surface area contributed by atoms with E-state index in [1.54, 1.807) is 0 Å². The summed E-state index contributed by atoms with van der Waals surface area (Å²) in [6.07, 6.45) is 7.61. The van der Waals surface area contributed by atoms with Gasteiger partial charge in [-0.1, -0.05) is 45.2 Å². The van der Waals surface area contributed by atoms with E-state index in [-0.39, 0.29) is 6.03 Å². The fourth-order valence-electron chi connectivity index (χ4n) is 5.96. The van der Waals surface area contributed by atoms with Gasteiger partial charge in [-0.3, -0.25) is 4.90 Å². The first-order chi connectivity index (χ1) is 17.9. The summed E-state index contributed by atoms with van der Waals surface area (Å²) in [5, 5.41) is 3.07. The lowest BCUT2D eigenvalue weighted by Crippen LogP contribution is -2.51. The van der Waals surface area contributed by atoms with Crippen LogP contribution in [-0.2, 0) is 13.0 Å². The summed E-state index contributed by atoms with van der Waals surface area (Å²) in [6, 6.07) is 8.83. The lowest BCUT2D eigenvalue weighted by atomic mass is 9.94. The number of urea groups is 1. The number of nitrogens with zero attached hydrogens (tertiary/aromatic N) is 6. The van der Waals surface area contributed by atoms with Gasteiger partial charge in [-0.2, -0.15) is 4.98 Å². The summed E-state index contributed by atoms with van der Waals surface area (Å²) >= 11 is 0. The molecule has 37 heavy (non-hydrogen) atoms. The monoisotopic (exact) mass is 505 g/mol. The van der Waals surface area contributed by atoms with E-state index >= 15 is 0 Å². The third-order valence-electron chi connectivity index (χ3n) is 8.25. The van der Waals surface area contributed by atoms with Crippen molar-refractivity contribution in [3.8, 4) is 0 Å². The van der Waals surface area contributed by atoms with Gasteiger partial charge in [0.2, 0.25) is 5.95 Å². The minimum Gasteiger partial charge on any atom is -0.362 e. The molecule has 2 aromatic rings. The van der Waals surface area contributed by atoms with Gasteiger partial charge in [0.25, 0.3) is 0 Å². The third-order valence-corrected chi connectivity index (χ3v) is 8.25. The lowest BCUT2D eigenvalue weighted by molar-refractivity contribution is 0.147. The molecule has 2 fully saturated rings. The van der Waals surface area contributed by atoms with Crippen molar-refractivity contribution < 1.29 is 4.79 Å². The average molecular weight is 506 g/mol. The van der Waals surface area contributed by atoms with Gasteiger partial charge in [0.05, 0.1) is 12.2 Å². The van der Waals surface area contributed by atoms with Gasteiger partial charge in [-0.25, -0.2) is 9.78 Å². The van der Waals surface area contributed by atoms with Crippen LogP contribution in [0.4, 0.5) is 22.2 Å². The van der Waals surface area contributed by atoms with E-state index < -0.39 is 0 Å². The fourth-order valence-corrected chi connectivity index (χ4v) is 5.96. The summed E-state index contributed by atoms with van der Waals surface area (Å²) in [7, 11) is 4.06. The highest BCUT2D eigenvalue weighted by Crippen LogP contribution is 2.30. The molecule has 2 aliphatic heterocycles. The lowest BCUT2D eigenvalue weighted by Gasteiger charge is -2.41. The van der Waals surface area contributed by atoms with E-state index in [9.17, 15) is 4.79 Å². The van der Waals surface area contributed by atoms with Crippen LogP contribution >= 0.6 is 0 Å². The molecule has 3 heterocycles. The Kier molecular flexibility index (Phi) is 7.84. The van der Waals surface area contributed by atoms with Crippen molar-refractivity contribution in [3.63, 3.8) is 0 Å². The Morgan fingerprint density at radius 2 is 1.68 bits per heavy atom. The van der Waals surface area contributed by atoms with Crippen molar-refractivity contribution in [1.29, 1.82) is 0 Å². The smallest absolute Gasteiger partial charge is 0.322 e. The number of aromatic nitrogens is 2. The van der Waals surface area contributed by atoms with Crippen LogP contribution in [0.1, 0.15) is 68.7 Å². The fraction of sp³-hybridized carbons (Fsp3) is 0.621. The van der Waals surface area contributed by atoms with Crippen molar-refractivity contribution in [2.24, 2.45) is 0 Å². The van der Waals surface area contributed by atoms with Gasteiger partial charge < -0.3 is 20.0 Å². The Balaban J connectivity index is 1.26. The second kappa shape index (κ2) is 11.3. The van der Waals surface area contributed by atoms with Crippen molar-refractivity contribution in [3.05, 3.63) is 41.1 Å². The van der Waals surface area contributed by atoms with Crippen LogP contribution in [0, 0.1) is 0 Å². The third kappa shape index (κ3) is 5.84. The van der Waals surface area contributed by atoms with E-state index in [1.807, 2.05) is 31.1 Å². The highest BCUT2D eigenvalue weighted by molar-refractivity contribution is 5.89. The minimum absolute atomic E-state index is 0.0736. The van der Waals surface area contributed by atoms with Crippen molar-refractivity contribution in [2.45, 2.75) is 70.9 Å². The van der Waals surface area contributed by atoms with Gasteiger partial charge in [-0.15, -0.1) is 0 Å². The number of hydrogen-bond acceptors (Lipinski definition) is 6. The zero-order valence-electron chi connectivity index (χ0n) is 23.0. The van der Waals surface area contributed by atoms with Crippen LogP contribution in [0.5, 0.6) is 0 Å². The number of nitrogens with one attached hydrogen (secondary N) is 1. The number of benzene rings is 1. The topological polar surface area (TPSA) is 67.8 Å². The molecule has 2 amide bonds. The molecule has 1 saturated carbocycles. The highest BCUT2D eigenvalue weighted by Gasteiger charge is 2.30. The Morgan fingerprint density at radius 3 is 2.32 bits per heavy atom. The van der Waals surface area contributed by atoms with Crippen LogP contribution in [-0.4, -0.2) is 78.7 Å². The number of fused-ring (bicyclic) bond motifs is 1. The van der Waals surface area contributed by atoms with Crippen molar-refractivity contribution in [2.75, 3.05) is 61.9 Å². The normalized spacial score (nSPS) is 19.2. The summed E-state index contributed by atoms with van der Waals surface area (Å²) in [6.45, 7) is 9.66. The first-order valence-corrected chi connectivity index (χ1v) is 14.1.